The Hall–Kier alpha value is -1.98. The number of carbonyl (C=O) groups is 2. The van der Waals surface area contributed by atoms with Gasteiger partial charge in [0.2, 0.25) is 11.8 Å². The zero-order chi connectivity index (χ0) is 14.6. The number of benzene rings is 1. The molecule has 0 aliphatic heterocycles. The molecule has 19 heavy (non-hydrogen) atoms. The summed E-state index contributed by atoms with van der Waals surface area (Å²) in [4.78, 5) is 22.8. The van der Waals surface area contributed by atoms with E-state index in [1.54, 1.807) is 13.8 Å². The fraction of sp³-hybridized carbons (Fsp3) is 0.385. The first kappa shape index (κ1) is 15.1. The van der Waals surface area contributed by atoms with Crippen molar-refractivity contribution in [2.75, 3.05) is 0 Å². The van der Waals surface area contributed by atoms with Gasteiger partial charge in [0.1, 0.15) is 17.7 Å². The van der Waals surface area contributed by atoms with Gasteiger partial charge in [0, 0.05) is 6.07 Å². The number of rotatable bonds is 5. The maximum atomic E-state index is 13.4. The number of hydrogen-bond donors (Lipinski definition) is 2. The number of nitrogens with two attached hydrogens (primary N) is 1. The van der Waals surface area contributed by atoms with Crippen molar-refractivity contribution in [1.82, 2.24) is 5.32 Å². The molecule has 0 bridgehead atoms. The summed E-state index contributed by atoms with van der Waals surface area (Å²) in [5.41, 5.74) is 5.21. The molecule has 3 N–H and O–H groups in total. The second-order valence-electron chi connectivity index (χ2n) is 4.60. The van der Waals surface area contributed by atoms with Gasteiger partial charge in [-0.3, -0.25) is 9.59 Å². The van der Waals surface area contributed by atoms with E-state index in [1.807, 2.05) is 0 Å². The van der Waals surface area contributed by atoms with Crippen molar-refractivity contribution in [3.8, 4) is 0 Å². The van der Waals surface area contributed by atoms with Gasteiger partial charge in [-0.25, -0.2) is 8.78 Å². The van der Waals surface area contributed by atoms with E-state index in [1.165, 1.54) is 6.07 Å². The van der Waals surface area contributed by atoms with E-state index < -0.39 is 29.5 Å². The molecular formula is C13H16F2N2O2. The molecule has 0 heterocycles. The Morgan fingerprint density at radius 2 is 1.95 bits per heavy atom. The molecule has 0 aromatic heterocycles. The molecule has 0 aliphatic carbocycles. The van der Waals surface area contributed by atoms with Crippen LogP contribution in [0.2, 0.25) is 0 Å². The lowest BCUT2D eigenvalue weighted by molar-refractivity contribution is -0.128. The third-order valence-electron chi connectivity index (χ3n) is 2.66. The van der Waals surface area contributed by atoms with E-state index in [0.717, 1.165) is 6.07 Å². The van der Waals surface area contributed by atoms with Gasteiger partial charge in [0.25, 0.3) is 0 Å². The molecule has 104 valence electrons. The minimum atomic E-state index is -0.809. The maximum absolute atomic E-state index is 13.4. The van der Waals surface area contributed by atoms with Crippen LogP contribution in [0, 0.1) is 17.6 Å². The SMILES string of the molecule is CC(C)[C@@H](NC(=O)Cc1ccc(F)cc1F)C(N)=O. The van der Waals surface area contributed by atoms with Crippen molar-refractivity contribution in [3.05, 3.63) is 35.4 Å². The minimum Gasteiger partial charge on any atom is -0.368 e. The van der Waals surface area contributed by atoms with Crippen molar-refractivity contribution in [2.24, 2.45) is 11.7 Å². The minimum absolute atomic E-state index is 0.0610. The van der Waals surface area contributed by atoms with Gasteiger partial charge in [0.15, 0.2) is 0 Å². The Kier molecular flexibility index (Phi) is 4.97. The molecule has 1 aromatic rings. The number of carbonyl (C=O) groups excluding carboxylic acids is 2. The molecule has 0 saturated carbocycles. The lowest BCUT2D eigenvalue weighted by atomic mass is 10.0. The predicted molar refractivity (Wildman–Crippen MR) is 66.0 cm³/mol. The van der Waals surface area contributed by atoms with E-state index in [9.17, 15) is 18.4 Å². The summed E-state index contributed by atoms with van der Waals surface area (Å²) in [6.07, 6.45) is -0.275. The topological polar surface area (TPSA) is 72.2 Å². The third-order valence-corrected chi connectivity index (χ3v) is 2.66. The van der Waals surface area contributed by atoms with Crippen LogP contribution in [0.1, 0.15) is 19.4 Å². The Morgan fingerprint density at radius 3 is 2.42 bits per heavy atom. The predicted octanol–water partition coefficient (Wildman–Crippen LogP) is 1.13. The van der Waals surface area contributed by atoms with Crippen LogP contribution in [0.3, 0.4) is 0 Å². The molecule has 1 rings (SSSR count). The smallest absolute Gasteiger partial charge is 0.240 e. The lowest BCUT2D eigenvalue weighted by Gasteiger charge is -2.18. The second-order valence-corrected chi connectivity index (χ2v) is 4.60. The summed E-state index contributed by atoms with van der Waals surface area (Å²) in [5, 5.41) is 2.43. The monoisotopic (exact) mass is 270 g/mol. The maximum Gasteiger partial charge on any atom is 0.240 e. The highest BCUT2D eigenvalue weighted by atomic mass is 19.1. The van der Waals surface area contributed by atoms with Gasteiger partial charge in [0.05, 0.1) is 6.42 Å². The van der Waals surface area contributed by atoms with E-state index in [2.05, 4.69) is 5.32 Å². The van der Waals surface area contributed by atoms with Crippen LogP contribution in [0.5, 0.6) is 0 Å². The Morgan fingerprint density at radius 1 is 1.32 bits per heavy atom. The van der Waals surface area contributed by atoms with E-state index in [-0.39, 0.29) is 17.9 Å². The van der Waals surface area contributed by atoms with Gasteiger partial charge in [-0.05, 0) is 17.5 Å². The van der Waals surface area contributed by atoms with E-state index in [0.29, 0.717) is 6.07 Å². The van der Waals surface area contributed by atoms with Crippen molar-refractivity contribution in [1.29, 1.82) is 0 Å². The zero-order valence-corrected chi connectivity index (χ0v) is 10.7. The van der Waals surface area contributed by atoms with Crippen LogP contribution >= 0.6 is 0 Å². The summed E-state index contributed by atoms with van der Waals surface area (Å²) in [6.45, 7) is 3.46. The molecule has 0 fully saturated rings. The van der Waals surface area contributed by atoms with Crippen LogP contribution in [-0.2, 0) is 16.0 Å². The molecule has 1 aromatic carbocycles. The summed E-state index contributed by atoms with van der Waals surface area (Å²) in [6, 6.07) is 2.16. The highest BCUT2D eigenvalue weighted by Gasteiger charge is 2.22. The largest absolute Gasteiger partial charge is 0.368 e. The number of hydrogen-bond acceptors (Lipinski definition) is 2. The Balaban J connectivity index is 2.72. The molecule has 0 spiro atoms. The number of primary amides is 1. The van der Waals surface area contributed by atoms with Gasteiger partial charge >= 0.3 is 0 Å². The molecule has 0 unspecified atom stereocenters. The van der Waals surface area contributed by atoms with Gasteiger partial charge < -0.3 is 11.1 Å². The van der Waals surface area contributed by atoms with Crippen LogP contribution in [0.25, 0.3) is 0 Å². The molecule has 4 nitrogen and oxygen atoms in total. The molecule has 0 aliphatic rings. The normalized spacial score (nSPS) is 12.3. The van der Waals surface area contributed by atoms with E-state index >= 15 is 0 Å². The van der Waals surface area contributed by atoms with Gasteiger partial charge in [-0.2, -0.15) is 0 Å². The first-order valence-corrected chi connectivity index (χ1v) is 5.84. The number of amides is 2. The van der Waals surface area contributed by atoms with Crippen molar-refractivity contribution < 1.29 is 18.4 Å². The highest BCUT2D eigenvalue weighted by Crippen LogP contribution is 2.10. The van der Waals surface area contributed by atoms with Gasteiger partial charge in [-0.1, -0.05) is 19.9 Å². The lowest BCUT2D eigenvalue weighted by Crippen LogP contribution is -2.48. The van der Waals surface area contributed by atoms with Crippen molar-refractivity contribution >= 4 is 11.8 Å². The Labute approximate surface area is 110 Å². The highest BCUT2D eigenvalue weighted by molar-refractivity contribution is 5.87. The molecule has 6 heteroatoms. The first-order valence-electron chi connectivity index (χ1n) is 5.84. The summed E-state index contributed by atoms with van der Waals surface area (Å²) in [7, 11) is 0. The average Bonchev–Trinajstić information content (AvgIpc) is 2.29. The van der Waals surface area contributed by atoms with Crippen molar-refractivity contribution in [2.45, 2.75) is 26.3 Å². The number of nitrogens with one attached hydrogen (secondary N) is 1. The summed E-state index contributed by atoms with van der Waals surface area (Å²) >= 11 is 0. The number of halogens is 2. The van der Waals surface area contributed by atoms with Crippen LogP contribution < -0.4 is 11.1 Å². The van der Waals surface area contributed by atoms with Gasteiger partial charge in [-0.15, -0.1) is 0 Å². The third kappa shape index (κ3) is 4.31. The standard InChI is InChI=1S/C13H16F2N2O2/c1-7(2)12(13(16)19)17-11(18)5-8-3-4-9(14)6-10(8)15/h3-4,6-7,12H,5H2,1-2H3,(H2,16,19)(H,17,18)/t12-/m1/s1. The second kappa shape index (κ2) is 6.26. The fourth-order valence-electron chi connectivity index (χ4n) is 1.63. The Bertz CT molecular complexity index is 490. The van der Waals surface area contributed by atoms with Crippen LogP contribution in [0.15, 0.2) is 18.2 Å². The van der Waals surface area contributed by atoms with Crippen LogP contribution in [-0.4, -0.2) is 17.9 Å². The molecule has 1 atom stereocenters. The average molecular weight is 270 g/mol. The zero-order valence-electron chi connectivity index (χ0n) is 10.7. The molecule has 0 radical (unpaired) electrons. The van der Waals surface area contributed by atoms with Crippen LogP contribution in [0.4, 0.5) is 8.78 Å². The molecular weight excluding hydrogens is 254 g/mol. The first-order chi connectivity index (χ1) is 8.81. The van der Waals surface area contributed by atoms with Crippen molar-refractivity contribution in [3.63, 3.8) is 0 Å². The summed E-state index contributed by atoms with van der Waals surface area (Å²) in [5.74, 6) is -2.86. The summed E-state index contributed by atoms with van der Waals surface area (Å²) < 4.78 is 26.1. The fourth-order valence-corrected chi connectivity index (χ4v) is 1.63. The molecule has 0 saturated heterocycles. The van der Waals surface area contributed by atoms with E-state index in [4.69, 9.17) is 5.73 Å². The molecule has 2 amide bonds. The quantitative estimate of drug-likeness (QED) is 0.842.